The maximum Gasteiger partial charge on any atom is 0.254 e. The monoisotopic (exact) mass is 415 g/mol. The second kappa shape index (κ2) is 7.52. The fourth-order valence-corrected chi connectivity index (χ4v) is 5.87. The molecule has 1 atom stereocenters. The maximum absolute atomic E-state index is 13.2. The third kappa shape index (κ3) is 4.02. The summed E-state index contributed by atoms with van der Waals surface area (Å²) in [6.07, 6.45) is 2.36. The van der Waals surface area contributed by atoms with E-state index in [0.717, 1.165) is 16.3 Å². The lowest BCUT2D eigenvalue weighted by Gasteiger charge is -2.28. The minimum Gasteiger partial charge on any atom is -0.329 e. The highest BCUT2D eigenvalue weighted by Crippen LogP contribution is 2.24. The van der Waals surface area contributed by atoms with Crippen molar-refractivity contribution in [2.75, 3.05) is 11.5 Å². The Labute approximate surface area is 168 Å². The molecular weight excluding hydrogens is 394 g/mol. The first-order valence-corrected chi connectivity index (χ1v) is 11.8. The molecule has 3 heterocycles. The van der Waals surface area contributed by atoms with Gasteiger partial charge in [-0.2, -0.15) is 5.10 Å². The van der Waals surface area contributed by atoms with E-state index in [9.17, 15) is 13.2 Å². The van der Waals surface area contributed by atoms with Crippen molar-refractivity contribution in [2.24, 2.45) is 0 Å². The standard InChI is InChI=1S/C20H21N3O3S2/c1-15-8-10-23(21-15)17-6-4-16(5-7-17)20(24)22(13-19-3-2-11-27-19)18-9-12-28(25,26)14-18/h2-8,10-11,18H,9,12-14H2,1H3/t18-/m1/s1. The molecule has 1 fully saturated rings. The number of sulfone groups is 1. The molecule has 8 heteroatoms. The quantitative estimate of drug-likeness (QED) is 0.642. The minimum absolute atomic E-state index is 0.0365. The predicted molar refractivity (Wildman–Crippen MR) is 110 cm³/mol. The van der Waals surface area contributed by atoms with Crippen molar-refractivity contribution in [3.63, 3.8) is 0 Å². The molecule has 0 radical (unpaired) electrons. The molecule has 0 N–H and O–H groups in total. The summed E-state index contributed by atoms with van der Waals surface area (Å²) in [6, 6.07) is 12.8. The number of amides is 1. The minimum atomic E-state index is -3.08. The van der Waals surface area contributed by atoms with E-state index >= 15 is 0 Å². The van der Waals surface area contributed by atoms with Gasteiger partial charge >= 0.3 is 0 Å². The lowest BCUT2D eigenvalue weighted by atomic mass is 10.1. The van der Waals surface area contributed by atoms with Crippen LogP contribution in [0.2, 0.25) is 0 Å². The van der Waals surface area contributed by atoms with Crippen LogP contribution in [0.25, 0.3) is 5.69 Å². The highest BCUT2D eigenvalue weighted by atomic mass is 32.2. The highest BCUT2D eigenvalue weighted by molar-refractivity contribution is 7.91. The zero-order chi connectivity index (χ0) is 19.7. The summed E-state index contributed by atoms with van der Waals surface area (Å²) in [4.78, 5) is 16.0. The Morgan fingerprint density at radius 1 is 1.25 bits per heavy atom. The molecule has 1 aromatic carbocycles. The van der Waals surface area contributed by atoms with Crippen LogP contribution in [0.1, 0.15) is 27.3 Å². The van der Waals surface area contributed by atoms with Crippen LogP contribution in [0.15, 0.2) is 54.0 Å². The molecule has 1 saturated heterocycles. The molecule has 0 bridgehead atoms. The van der Waals surface area contributed by atoms with Gasteiger partial charge in [0.25, 0.3) is 5.91 Å². The van der Waals surface area contributed by atoms with Crippen LogP contribution in [0.3, 0.4) is 0 Å². The van der Waals surface area contributed by atoms with E-state index in [1.54, 1.807) is 33.1 Å². The first-order chi connectivity index (χ1) is 13.4. The molecule has 1 aliphatic rings. The number of nitrogens with zero attached hydrogens (tertiary/aromatic N) is 3. The van der Waals surface area contributed by atoms with E-state index in [2.05, 4.69) is 5.10 Å². The van der Waals surface area contributed by atoms with Gasteiger partial charge in [-0.15, -0.1) is 11.3 Å². The second-order valence-electron chi connectivity index (χ2n) is 7.02. The molecule has 146 valence electrons. The Morgan fingerprint density at radius 3 is 2.61 bits per heavy atom. The topological polar surface area (TPSA) is 72.3 Å². The van der Waals surface area contributed by atoms with Gasteiger partial charge in [-0.05, 0) is 55.1 Å². The van der Waals surface area contributed by atoms with Crippen LogP contribution in [0, 0.1) is 6.92 Å². The van der Waals surface area contributed by atoms with Gasteiger partial charge in [-0.1, -0.05) is 6.07 Å². The molecule has 0 saturated carbocycles. The van der Waals surface area contributed by atoms with Crippen molar-refractivity contribution in [1.82, 2.24) is 14.7 Å². The van der Waals surface area contributed by atoms with Crippen molar-refractivity contribution < 1.29 is 13.2 Å². The first-order valence-electron chi connectivity index (χ1n) is 9.08. The van der Waals surface area contributed by atoms with Gasteiger partial charge in [-0.3, -0.25) is 4.79 Å². The number of thiophene rings is 1. The highest BCUT2D eigenvalue weighted by Gasteiger charge is 2.35. The smallest absolute Gasteiger partial charge is 0.254 e. The number of rotatable bonds is 5. The lowest BCUT2D eigenvalue weighted by Crippen LogP contribution is -2.40. The number of carbonyl (C=O) groups excluding carboxylic acids is 1. The Kier molecular flexibility index (Phi) is 5.07. The number of carbonyl (C=O) groups is 1. The third-order valence-electron chi connectivity index (χ3n) is 4.92. The van der Waals surface area contributed by atoms with E-state index in [1.807, 2.05) is 48.8 Å². The van der Waals surface area contributed by atoms with Gasteiger partial charge in [0.05, 0.1) is 29.4 Å². The molecule has 0 unspecified atom stereocenters. The molecule has 1 aliphatic heterocycles. The summed E-state index contributed by atoms with van der Waals surface area (Å²) in [5, 5.41) is 6.34. The molecule has 0 aliphatic carbocycles. The van der Waals surface area contributed by atoms with E-state index in [-0.39, 0.29) is 23.5 Å². The third-order valence-corrected chi connectivity index (χ3v) is 7.53. The average Bonchev–Trinajstić information content (AvgIpc) is 3.41. The van der Waals surface area contributed by atoms with Crippen LogP contribution in [-0.4, -0.2) is 46.6 Å². The van der Waals surface area contributed by atoms with Crippen LogP contribution in [-0.2, 0) is 16.4 Å². The first kappa shape index (κ1) is 18.9. The van der Waals surface area contributed by atoms with E-state index in [1.165, 1.54) is 0 Å². The number of aromatic nitrogens is 2. The summed E-state index contributed by atoms with van der Waals surface area (Å²) < 4.78 is 25.7. The zero-order valence-electron chi connectivity index (χ0n) is 15.5. The van der Waals surface area contributed by atoms with Gasteiger partial charge < -0.3 is 4.90 Å². The molecule has 0 spiro atoms. The Bertz CT molecular complexity index is 1070. The summed E-state index contributed by atoms with van der Waals surface area (Å²) >= 11 is 1.57. The zero-order valence-corrected chi connectivity index (χ0v) is 17.1. The second-order valence-corrected chi connectivity index (χ2v) is 10.3. The fraction of sp³-hybridized carbons (Fsp3) is 0.300. The van der Waals surface area contributed by atoms with Crippen LogP contribution in [0.5, 0.6) is 0 Å². The van der Waals surface area contributed by atoms with Crippen LogP contribution in [0.4, 0.5) is 0 Å². The Balaban J connectivity index is 1.59. The van der Waals surface area contributed by atoms with Crippen molar-refractivity contribution in [2.45, 2.75) is 25.9 Å². The molecule has 6 nitrogen and oxygen atoms in total. The molecule has 28 heavy (non-hydrogen) atoms. The number of aryl methyl sites for hydroxylation is 1. The van der Waals surface area contributed by atoms with Gasteiger partial charge in [0.2, 0.25) is 0 Å². The van der Waals surface area contributed by atoms with Crippen molar-refractivity contribution >= 4 is 27.1 Å². The largest absolute Gasteiger partial charge is 0.329 e. The number of hydrogen-bond donors (Lipinski definition) is 0. The van der Waals surface area contributed by atoms with Gasteiger partial charge in [0.1, 0.15) is 0 Å². The summed E-state index contributed by atoms with van der Waals surface area (Å²) in [5.41, 5.74) is 2.34. The number of hydrogen-bond acceptors (Lipinski definition) is 5. The SMILES string of the molecule is Cc1ccn(-c2ccc(C(=O)N(Cc3cccs3)[C@@H]3CCS(=O)(=O)C3)cc2)n1. The van der Waals surface area contributed by atoms with E-state index in [0.29, 0.717) is 18.5 Å². The predicted octanol–water partition coefficient (Wildman–Crippen LogP) is 3.07. The van der Waals surface area contributed by atoms with E-state index < -0.39 is 9.84 Å². The van der Waals surface area contributed by atoms with Gasteiger partial charge in [0, 0.05) is 22.7 Å². The van der Waals surface area contributed by atoms with Crippen LogP contribution < -0.4 is 0 Å². The summed E-state index contributed by atoms with van der Waals surface area (Å²) in [5.74, 6) is 0.0387. The van der Waals surface area contributed by atoms with Crippen molar-refractivity contribution in [3.8, 4) is 5.69 Å². The number of benzene rings is 1. The average molecular weight is 416 g/mol. The molecule has 1 amide bonds. The van der Waals surface area contributed by atoms with E-state index in [4.69, 9.17) is 0 Å². The van der Waals surface area contributed by atoms with Crippen molar-refractivity contribution in [3.05, 3.63) is 70.2 Å². The lowest BCUT2D eigenvalue weighted by molar-refractivity contribution is 0.0683. The normalized spacial score (nSPS) is 18.2. The fourth-order valence-electron chi connectivity index (χ4n) is 3.44. The summed E-state index contributed by atoms with van der Waals surface area (Å²) in [6.45, 7) is 2.35. The molecular formula is C20H21N3O3S2. The molecule has 2 aromatic heterocycles. The van der Waals surface area contributed by atoms with Crippen molar-refractivity contribution in [1.29, 1.82) is 0 Å². The molecule has 4 rings (SSSR count). The van der Waals surface area contributed by atoms with Crippen LogP contribution >= 0.6 is 11.3 Å². The van der Waals surface area contributed by atoms with Gasteiger partial charge in [0.15, 0.2) is 9.84 Å². The maximum atomic E-state index is 13.2. The van der Waals surface area contributed by atoms with Gasteiger partial charge in [-0.25, -0.2) is 13.1 Å². The summed E-state index contributed by atoms with van der Waals surface area (Å²) in [7, 11) is -3.08. The molecule has 3 aromatic rings. The Morgan fingerprint density at radius 2 is 2.04 bits per heavy atom. The Hall–Kier alpha value is -2.45.